The minimum atomic E-state index is -0.773. The number of hydrogen-bond acceptors (Lipinski definition) is 4. The van der Waals surface area contributed by atoms with Crippen LogP contribution in [0.3, 0.4) is 0 Å². The summed E-state index contributed by atoms with van der Waals surface area (Å²) in [5.74, 6) is 2.16. The average molecular weight is 391 g/mol. The highest BCUT2D eigenvalue weighted by Gasteiger charge is 2.50. The molecule has 2 aliphatic heterocycles. The fraction of sp³-hybridized carbons (Fsp3) is 0.524. The Labute approximate surface area is 164 Å². The van der Waals surface area contributed by atoms with Gasteiger partial charge in [0, 0.05) is 28.6 Å². The summed E-state index contributed by atoms with van der Waals surface area (Å²) in [5.41, 5.74) is 1.34. The first-order valence-electron chi connectivity index (χ1n) is 9.34. The Kier molecular flexibility index (Phi) is 7.26. The molecule has 1 aromatic rings. The number of carboxylic acid groups (broad SMARTS) is 1. The van der Waals surface area contributed by atoms with Crippen molar-refractivity contribution in [3.05, 3.63) is 48.0 Å². The zero-order chi connectivity index (χ0) is 18.4. The monoisotopic (exact) mass is 390 g/mol. The van der Waals surface area contributed by atoms with E-state index < -0.39 is 5.97 Å². The molecule has 0 spiro atoms. The van der Waals surface area contributed by atoms with Crippen molar-refractivity contribution in [2.75, 3.05) is 5.75 Å². The summed E-state index contributed by atoms with van der Waals surface area (Å²) in [6.07, 6.45) is 7.44. The number of carbonyl (C=O) groups excluding carboxylic acids is 1. The number of fused-ring (bicyclic) bond motifs is 2. The smallest absolute Gasteiger partial charge is 0.303 e. The van der Waals surface area contributed by atoms with Crippen LogP contribution in [-0.4, -0.2) is 33.1 Å². The summed E-state index contributed by atoms with van der Waals surface area (Å²) in [6.45, 7) is 0. The van der Waals surface area contributed by atoms with E-state index in [1.54, 1.807) is 6.08 Å². The van der Waals surface area contributed by atoms with Gasteiger partial charge in [0.05, 0.1) is 0 Å². The second kappa shape index (κ2) is 9.65. The van der Waals surface area contributed by atoms with E-state index in [0.29, 0.717) is 29.3 Å². The van der Waals surface area contributed by atoms with Gasteiger partial charge in [-0.05, 0) is 49.0 Å². The highest BCUT2D eigenvalue weighted by molar-refractivity contribution is 8.01. The fourth-order valence-corrected chi connectivity index (χ4v) is 7.29. The first-order valence-corrected chi connectivity index (χ1v) is 11.4. The zero-order valence-corrected chi connectivity index (χ0v) is 16.5. The van der Waals surface area contributed by atoms with Crippen molar-refractivity contribution in [1.29, 1.82) is 0 Å². The summed E-state index contributed by atoms with van der Waals surface area (Å²) in [4.78, 5) is 23.3. The highest BCUT2D eigenvalue weighted by atomic mass is 32.2. The Balaban J connectivity index is 1.50. The van der Waals surface area contributed by atoms with Gasteiger partial charge in [-0.25, -0.2) is 0 Å². The normalized spacial score (nSPS) is 27.2. The van der Waals surface area contributed by atoms with E-state index in [0.717, 1.165) is 11.5 Å². The molecule has 0 saturated carbocycles. The molecule has 2 aliphatic rings. The third-order valence-electron chi connectivity index (χ3n) is 5.22. The van der Waals surface area contributed by atoms with Crippen LogP contribution in [0.4, 0.5) is 0 Å². The van der Waals surface area contributed by atoms with E-state index in [4.69, 9.17) is 5.11 Å². The second-order valence-electron chi connectivity index (χ2n) is 7.07. The lowest BCUT2D eigenvalue weighted by Crippen LogP contribution is -2.34. The second-order valence-corrected chi connectivity index (χ2v) is 9.58. The van der Waals surface area contributed by atoms with Crippen LogP contribution in [0.2, 0.25) is 0 Å². The molecule has 1 aromatic carbocycles. The summed E-state index contributed by atoms with van der Waals surface area (Å²) in [7, 11) is 0. The first kappa shape index (κ1) is 19.6. The van der Waals surface area contributed by atoms with Crippen LogP contribution < -0.4 is 0 Å². The number of allylic oxidation sites excluding steroid dienone is 2. The lowest BCUT2D eigenvalue weighted by Gasteiger charge is -2.27. The molecule has 4 atom stereocenters. The van der Waals surface area contributed by atoms with E-state index in [1.807, 2.05) is 35.7 Å². The molecule has 0 aromatic heterocycles. The van der Waals surface area contributed by atoms with Gasteiger partial charge in [0.1, 0.15) is 0 Å². The third kappa shape index (κ3) is 5.17. The number of carboxylic acids is 1. The molecule has 0 radical (unpaired) electrons. The Morgan fingerprint density at radius 1 is 1.19 bits per heavy atom. The number of benzene rings is 1. The van der Waals surface area contributed by atoms with Crippen molar-refractivity contribution >= 4 is 35.3 Å². The maximum absolute atomic E-state index is 12.8. The van der Waals surface area contributed by atoms with Gasteiger partial charge in [-0.1, -0.05) is 36.4 Å². The number of hydrogen-bond donors (Lipinski definition) is 1. The molecule has 5 heteroatoms. The molecule has 2 saturated heterocycles. The zero-order valence-electron chi connectivity index (χ0n) is 14.9. The van der Waals surface area contributed by atoms with Crippen molar-refractivity contribution in [3.63, 3.8) is 0 Å². The summed E-state index contributed by atoms with van der Waals surface area (Å²) < 4.78 is 0. The highest BCUT2D eigenvalue weighted by Crippen LogP contribution is 2.54. The van der Waals surface area contributed by atoms with Crippen molar-refractivity contribution in [3.8, 4) is 0 Å². The maximum atomic E-state index is 12.8. The molecule has 0 amide bonds. The molecule has 26 heavy (non-hydrogen) atoms. The molecule has 2 heterocycles. The Bertz CT molecular complexity index is 644. The van der Waals surface area contributed by atoms with Crippen LogP contribution in [0.5, 0.6) is 0 Å². The molecule has 0 aliphatic carbocycles. The predicted molar refractivity (Wildman–Crippen MR) is 110 cm³/mol. The number of unbranched alkanes of at least 4 members (excludes halogenated alkanes) is 1. The fourth-order valence-electron chi connectivity index (χ4n) is 3.95. The lowest BCUT2D eigenvalue weighted by molar-refractivity contribution is -0.137. The predicted octanol–water partition coefficient (Wildman–Crippen LogP) is 4.81. The van der Waals surface area contributed by atoms with Crippen molar-refractivity contribution < 1.29 is 14.7 Å². The van der Waals surface area contributed by atoms with Crippen molar-refractivity contribution in [2.45, 2.75) is 48.4 Å². The molecule has 0 unspecified atom stereocenters. The summed E-state index contributed by atoms with van der Waals surface area (Å²) >= 11 is 3.97. The van der Waals surface area contributed by atoms with Gasteiger partial charge in [-0.3, -0.25) is 9.59 Å². The van der Waals surface area contributed by atoms with Gasteiger partial charge in [0.2, 0.25) is 0 Å². The van der Waals surface area contributed by atoms with Gasteiger partial charge >= 0.3 is 5.97 Å². The number of thioether (sulfide) groups is 2. The van der Waals surface area contributed by atoms with E-state index in [9.17, 15) is 9.59 Å². The van der Waals surface area contributed by atoms with Gasteiger partial charge in [0.25, 0.3) is 0 Å². The number of ketones is 1. The van der Waals surface area contributed by atoms with E-state index in [2.05, 4.69) is 24.3 Å². The van der Waals surface area contributed by atoms with Crippen LogP contribution in [-0.2, 0) is 15.3 Å². The third-order valence-corrected chi connectivity index (χ3v) is 8.19. The van der Waals surface area contributed by atoms with Crippen LogP contribution >= 0.6 is 23.5 Å². The van der Waals surface area contributed by atoms with Crippen LogP contribution in [0.25, 0.3) is 0 Å². The average Bonchev–Trinajstić information content (AvgIpc) is 3.23. The topological polar surface area (TPSA) is 54.4 Å². The number of rotatable bonds is 10. The van der Waals surface area contributed by atoms with Crippen LogP contribution in [0, 0.1) is 11.8 Å². The van der Waals surface area contributed by atoms with E-state index in [1.165, 1.54) is 18.4 Å². The maximum Gasteiger partial charge on any atom is 0.303 e. The SMILES string of the molecule is O=C(O)CCCC=CC(=O)[C@@H]1[C@H](CSCc2ccccc2)[C@@H]2CC[C@H]1S2. The molecule has 140 valence electrons. The van der Waals surface area contributed by atoms with Gasteiger partial charge in [-0.2, -0.15) is 23.5 Å². The van der Waals surface area contributed by atoms with Crippen LogP contribution in [0.15, 0.2) is 42.5 Å². The van der Waals surface area contributed by atoms with Crippen LogP contribution in [0.1, 0.15) is 37.7 Å². The number of aliphatic carboxylic acids is 1. The molecule has 1 N–H and O–H groups in total. The van der Waals surface area contributed by atoms with Gasteiger partial charge < -0.3 is 5.11 Å². The largest absolute Gasteiger partial charge is 0.481 e. The first-order chi connectivity index (χ1) is 12.6. The Hall–Kier alpha value is -1.20. The van der Waals surface area contributed by atoms with Gasteiger partial charge in [0.15, 0.2) is 5.78 Å². The van der Waals surface area contributed by atoms with E-state index in [-0.39, 0.29) is 18.1 Å². The van der Waals surface area contributed by atoms with E-state index >= 15 is 0 Å². The lowest BCUT2D eigenvalue weighted by atomic mass is 9.78. The number of carbonyl (C=O) groups is 2. The summed E-state index contributed by atoms with van der Waals surface area (Å²) in [6, 6.07) is 10.5. The summed E-state index contributed by atoms with van der Waals surface area (Å²) in [5, 5.41) is 9.79. The molecular weight excluding hydrogens is 364 g/mol. The van der Waals surface area contributed by atoms with Gasteiger partial charge in [-0.15, -0.1) is 0 Å². The van der Waals surface area contributed by atoms with Crippen molar-refractivity contribution in [2.24, 2.45) is 11.8 Å². The minimum absolute atomic E-state index is 0.151. The molecular formula is C21H26O3S2. The Morgan fingerprint density at radius 3 is 2.73 bits per heavy atom. The minimum Gasteiger partial charge on any atom is -0.481 e. The molecule has 3 nitrogen and oxygen atoms in total. The van der Waals surface area contributed by atoms with Crippen molar-refractivity contribution in [1.82, 2.24) is 0 Å². The molecule has 2 fully saturated rings. The Morgan fingerprint density at radius 2 is 1.96 bits per heavy atom. The molecule has 3 rings (SSSR count). The standard InChI is InChI=1S/C21H26O3S2/c22-17(9-5-2-6-10-20(23)24)21-16(18-11-12-19(21)26-18)14-25-13-15-7-3-1-4-8-15/h1,3-5,7-9,16,18-19,21H,2,6,10-14H2,(H,23,24)/t16-,18+,19-,21+/m1/s1. The quantitative estimate of drug-likeness (QED) is 0.459. The molecule has 2 bridgehead atoms.